The van der Waals surface area contributed by atoms with Gasteiger partial charge >= 0.3 is 0 Å². The van der Waals surface area contributed by atoms with Gasteiger partial charge in [-0.1, -0.05) is 0 Å². The van der Waals surface area contributed by atoms with Crippen LogP contribution in [0.3, 0.4) is 0 Å². The maximum absolute atomic E-state index is 12.5. The topological polar surface area (TPSA) is 75.4 Å². The smallest absolute Gasteiger partial charge is 0.254 e. The van der Waals surface area contributed by atoms with Crippen molar-refractivity contribution in [2.75, 3.05) is 18.4 Å². The number of benzene rings is 1. The molecule has 0 aliphatic carbocycles. The average Bonchev–Trinajstić information content (AvgIpc) is 2.43. The van der Waals surface area contributed by atoms with E-state index < -0.39 is 5.91 Å². The Hall–Kier alpha value is -2.04. The average molecular weight is 275 g/mol. The number of amides is 2. The minimum atomic E-state index is -0.494. The molecule has 20 heavy (non-hydrogen) atoms. The Morgan fingerprint density at radius 3 is 2.80 bits per heavy atom. The van der Waals surface area contributed by atoms with Gasteiger partial charge in [-0.15, -0.1) is 0 Å². The van der Waals surface area contributed by atoms with Crippen molar-refractivity contribution in [2.45, 2.75) is 32.7 Å². The fourth-order valence-corrected chi connectivity index (χ4v) is 2.43. The minimum Gasteiger partial charge on any atom is -0.385 e. The molecule has 108 valence electrons. The highest BCUT2D eigenvalue weighted by molar-refractivity contribution is 5.97. The molecule has 0 fully saturated rings. The van der Waals surface area contributed by atoms with Gasteiger partial charge in [0.05, 0.1) is 6.54 Å². The highest BCUT2D eigenvalue weighted by Crippen LogP contribution is 2.23. The van der Waals surface area contributed by atoms with E-state index in [0.717, 1.165) is 30.6 Å². The standard InChI is InChI=1S/C15H21N3O2/c1-10(2)18(9-14(16)19)15(20)12-5-6-13-11(8-12)4-3-7-17-13/h5-6,8,10,17H,3-4,7,9H2,1-2H3,(H2,16,19). The molecule has 1 aliphatic heterocycles. The highest BCUT2D eigenvalue weighted by atomic mass is 16.2. The Bertz CT molecular complexity index is 526. The first kappa shape index (κ1) is 14.4. The summed E-state index contributed by atoms with van der Waals surface area (Å²) in [4.78, 5) is 25.1. The van der Waals surface area contributed by atoms with Gasteiger partial charge in [0.15, 0.2) is 0 Å². The second-order valence-corrected chi connectivity index (χ2v) is 5.40. The van der Waals surface area contributed by atoms with Gasteiger partial charge in [0.2, 0.25) is 5.91 Å². The van der Waals surface area contributed by atoms with Crippen molar-refractivity contribution in [3.63, 3.8) is 0 Å². The normalized spacial score (nSPS) is 13.6. The molecule has 1 aliphatic rings. The molecule has 1 aromatic carbocycles. The van der Waals surface area contributed by atoms with Crippen LogP contribution in [-0.2, 0) is 11.2 Å². The summed E-state index contributed by atoms with van der Waals surface area (Å²) in [6, 6.07) is 5.59. The summed E-state index contributed by atoms with van der Waals surface area (Å²) >= 11 is 0. The van der Waals surface area contributed by atoms with Crippen LogP contribution in [0.25, 0.3) is 0 Å². The maximum Gasteiger partial charge on any atom is 0.254 e. The van der Waals surface area contributed by atoms with E-state index in [0.29, 0.717) is 5.56 Å². The van der Waals surface area contributed by atoms with Crippen LogP contribution in [-0.4, -0.2) is 35.8 Å². The molecule has 3 N–H and O–H groups in total. The molecule has 0 saturated heterocycles. The van der Waals surface area contributed by atoms with Gasteiger partial charge in [0, 0.05) is 23.8 Å². The van der Waals surface area contributed by atoms with Gasteiger partial charge < -0.3 is 16.0 Å². The number of rotatable bonds is 4. The van der Waals surface area contributed by atoms with E-state index in [4.69, 9.17) is 5.73 Å². The largest absolute Gasteiger partial charge is 0.385 e. The fourth-order valence-electron chi connectivity index (χ4n) is 2.43. The summed E-state index contributed by atoms with van der Waals surface area (Å²) in [5, 5.41) is 3.31. The number of primary amides is 1. The molecule has 0 bridgehead atoms. The molecule has 1 aromatic rings. The summed E-state index contributed by atoms with van der Waals surface area (Å²) in [5.41, 5.74) is 8.08. The van der Waals surface area contributed by atoms with Crippen LogP contribution in [0.15, 0.2) is 18.2 Å². The van der Waals surface area contributed by atoms with Crippen LogP contribution < -0.4 is 11.1 Å². The number of hydrogen-bond donors (Lipinski definition) is 2. The number of nitrogens with one attached hydrogen (secondary N) is 1. The number of carbonyl (C=O) groups is 2. The van der Waals surface area contributed by atoms with Crippen molar-refractivity contribution in [1.82, 2.24) is 4.90 Å². The van der Waals surface area contributed by atoms with Gasteiger partial charge in [-0.05, 0) is 50.5 Å². The van der Waals surface area contributed by atoms with Crippen LogP contribution in [0, 0.1) is 0 Å². The molecule has 1 heterocycles. The lowest BCUT2D eigenvalue weighted by atomic mass is 10.00. The number of aryl methyl sites for hydroxylation is 1. The lowest BCUT2D eigenvalue weighted by Crippen LogP contribution is -2.42. The molecule has 0 aromatic heterocycles. The van der Waals surface area contributed by atoms with E-state index in [-0.39, 0.29) is 18.5 Å². The zero-order valence-corrected chi connectivity index (χ0v) is 12.0. The third kappa shape index (κ3) is 3.10. The molecule has 0 spiro atoms. The number of nitrogens with two attached hydrogens (primary N) is 1. The van der Waals surface area contributed by atoms with Gasteiger partial charge in [-0.2, -0.15) is 0 Å². The van der Waals surface area contributed by atoms with Crippen molar-refractivity contribution in [3.05, 3.63) is 29.3 Å². The first-order chi connectivity index (χ1) is 9.49. The fraction of sp³-hybridized carbons (Fsp3) is 0.467. The molecule has 2 amide bonds. The van der Waals surface area contributed by atoms with Gasteiger partial charge in [-0.25, -0.2) is 0 Å². The zero-order valence-electron chi connectivity index (χ0n) is 12.0. The number of carbonyl (C=O) groups excluding carboxylic acids is 2. The summed E-state index contributed by atoms with van der Waals surface area (Å²) in [6.45, 7) is 4.67. The minimum absolute atomic E-state index is 0.0498. The molecule has 2 rings (SSSR count). The second-order valence-electron chi connectivity index (χ2n) is 5.40. The number of hydrogen-bond acceptors (Lipinski definition) is 3. The Kier molecular flexibility index (Phi) is 4.27. The summed E-state index contributed by atoms with van der Waals surface area (Å²) < 4.78 is 0. The molecule has 0 atom stereocenters. The maximum atomic E-state index is 12.5. The Labute approximate surface area is 119 Å². The van der Waals surface area contributed by atoms with E-state index in [2.05, 4.69) is 5.32 Å². The highest BCUT2D eigenvalue weighted by Gasteiger charge is 2.21. The zero-order chi connectivity index (χ0) is 14.7. The van der Waals surface area contributed by atoms with E-state index in [1.165, 1.54) is 4.90 Å². The van der Waals surface area contributed by atoms with Gasteiger partial charge in [-0.3, -0.25) is 9.59 Å². The Morgan fingerprint density at radius 1 is 1.40 bits per heavy atom. The SMILES string of the molecule is CC(C)N(CC(N)=O)C(=O)c1ccc2c(c1)CCCN2. The van der Waals surface area contributed by atoms with E-state index >= 15 is 0 Å². The Morgan fingerprint density at radius 2 is 2.15 bits per heavy atom. The predicted octanol–water partition coefficient (Wildman–Crippen LogP) is 1.38. The lowest BCUT2D eigenvalue weighted by molar-refractivity contribution is -0.119. The van der Waals surface area contributed by atoms with Crippen molar-refractivity contribution in [3.8, 4) is 0 Å². The summed E-state index contributed by atoms with van der Waals surface area (Å²) in [6.07, 6.45) is 2.04. The van der Waals surface area contributed by atoms with Crippen LogP contribution in [0.4, 0.5) is 5.69 Å². The monoisotopic (exact) mass is 275 g/mol. The Balaban J connectivity index is 2.24. The molecule has 0 unspecified atom stereocenters. The van der Waals surface area contributed by atoms with E-state index in [9.17, 15) is 9.59 Å². The predicted molar refractivity (Wildman–Crippen MR) is 78.6 cm³/mol. The third-order valence-electron chi connectivity index (χ3n) is 3.50. The van der Waals surface area contributed by atoms with Crippen LogP contribution in [0.1, 0.15) is 36.2 Å². The number of fused-ring (bicyclic) bond motifs is 1. The quantitative estimate of drug-likeness (QED) is 0.871. The molecule has 0 saturated carbocycles. The van der Waals surface area contributed by atoms with Crippen LogP contribution in [0.5, 0.6) is 0 Å². The third-order valence-corrected chi connectivity index (χ3v) is 3.50. The molecule has 5 nitrogen and oxygen atoms in total. The summed E-state index contributed by atoms with van der Waals surface area (Å²) in [5.74, 6) is -0.640. The van der Waals surface area contributed by atoms with Crippen molar-refractivity contribution in [1.29, 1.82) is 0 Å². The van der Waals surface area contributed by atoms with Crippen molar-refractivity contribution in [2.24, 2.45) is 5.73 Å². The second kappa shape index (κ2) is 5.94. The first-order valence-corrected chi connectivity index (χ1v) is 6.95. The van der Waals surface area contributed by atoms with Gasteiger partial charge in [0.25, 0.3) is 5.91 Å². The molecular weight excluding hydrogens is 254 g/mol. The first-order valence-electron chi connectivity index (χ1n) is 6.95. The van der Waals surface area contributed by atoms with Crippen molar-refractivity contribution >= 4 is 17.5 Å². The van der Waals surface area contributed by atoms with Crippen LogP contribution in [0.2, 0.25) is 0 Å². The molecular formula is C15H21N3O2. The molecule has 5 heteroatoms. The molecule has 0 radical (unpaired) electrons. The van der Waals surface area contributed by atoms with E-state index in [1.54, 1.807) is 6.07 Å². The number of anilines is 1. The van der Waals surface area contributed by atoms with Gasteiger partial charge in [0.1, 0.15) is 0 Å². The van der Waals surface area contributed by atoms with Crippen LogP contribution >= 0.6 is 0 Å². The van der Waals surface area contributed by atoms with Crippen molar-refractivity contribution < 1.29 is 9.59 Å². The summed E-state index contributed by atoms with van der Waals surface area (Å²) in [7, 11) is 0. The lowest BCUT2D eigenvalue weighted by Gasteiger charge is -2.26. The number of nitrogens with zero attached hydrogens (tertiary/aromatic N) is 1. The van der Waals surface area contributed by atoms with E-state index in [1.807, 2.05) is 26.0 Å².